The first-order valence-corrected chi connectivity index (χ1v) is 8.43. The molecule has 4 rings (SSSR count). The molecule has 1 aliphatic rings. The van der Waals surface area contributed by atoms with E-state index in [-0.39, 0.29) is 24.0 Å². The highest BCUT2D eigenvalue weighted by Crippen LogP contribution is 2.38. The minimum atomic E-state index is -0.315. The van der Waals surface area contributed by atoms with E-state index in [1.54, 1.807) is 48.4 Å². The largest absolute Gasteiger partial charge is 0.481 e. The van der Waals surface area contributed by atoms with Crippen LogP contribution in [0.25, 0.3) is 5.65 Å². The highest BCUT2D eigenvalue weighted by molar-refractivity contribution is 5.93. The van der Waals surface area contributed by atoms with Crippen LogP contribution in [0.3, 0.4) is 0 Å². The lowest BCUT2D eigenvalue weighted by molar-refractivity contribution is 0.0234. The van der Waals surface area contributed by atoms with Crippen LogP contribution >= 0.6 is 0 Å². The number of aliphatic hydroxyl groups is 1. The first-order chi connectivity index (χ1) is 12.6. The lowest BCUT2D eigenvalue weighted by Crippen LogP contribution is -2.41. The van der Waals surface area contributed by atoms with E-state index in [2.05, 4.69) is 20.4 Å². The number of carbonyl (C=O) groups excluding carboxylic acids is 1. The maximum absolute atomic E-state index is 12.7. The Morgan fingerprint density at radius 1 is 1.38 bits per heavy atom. The minimum absolute atomic E-state index is 0.152. The SMILES string of the molecule is COc1ccc([C@@H](NC(=O)c2cc3ncccn3n2)C2CC(O)C2)cn1. The smallest absolute Gasteiger partial charge is 0.272 e. The second-order valence-corrected chi connectivity index (χ2v) is 6.42. The summed E-state index contributed by atoms with van der Waals surface area (Å²) >= 11 is 0. The third-order valence-electron chi connectivity index (χ3n) is 4.70. The summed E-state index contributed by atoms with van der Waals surface area (Å²) in [6.45, 7) is 0. The quantitative estimate of drug-likeness (QED) is 0.718. The minimum Gasteiger partial charge on any atom is -0.481 e. The average molecular weight is 353 g/mol. The van der Waals surface area contributed by atoms with Crippen LogP contribution in [-0.2, 0) is 0 Å². The first kappa shape index (κ1) is 16.5. The summed E-state index contributed by atoms with van der Waals surface area (Å²) in [6.07, 6.45) is 6.06. The summed E-state index contributed by atoms with van der Waals surface area (Å²) in [7, 11) is 1.56. The monoisotopic (exact) mass is 353 g/mol. The summed E-state index contributed by atoms with van der Waals surface area (Å²) in [5.74, 6) is 0.385. The van der Waals surface area contributed by atoms with Crippen molar-refractivity contribution >= 4 is 11.6 Å². The van der Waals surface area contributed by atoms with Crippen LogP contribution in [0, 0.1) is 5.92 Å². The van der Waals surface area contributed by atoms with Crippen LogP contribution in [0.4, 0.5) is 0 Å². The van der Waals surface area contributed by atoms with Gasteiger partial charge in [-0.1, -0.05) is 6.07 Å². The van der Waals surface area contributed by atoms with Crippen LogP contribution in [0.5, 0.6) is 5.88 Å². The van der Waals surface area contributed by atoms with Crippen LogP contribution < -0.4 is 10.1 Å². The lowest BCUT2D eigenvalue weighted by Gasteiger charge is -2.38. The van der Waals surface area contributed by atoms with Gasteiger partial charge in [-0.05, 0) is 30.4 Å². The number of ether oxygens (including phenoxy) is 1. The zero-order valence-corrected chi connectivity index (χ0v) is 14.2. The predicted molar refractivity (Wildman–Crippen MR) is 92.7 cm³/mol. The molecule has 0 radical (unpaired) electrons. The maximum atomic E-state index is 12.7. The second-order valence-electron chi connectivity index (χ2n) is 6.42. The molecule has 0 unspecified atom stereocenters. The molecule has 1 atom stereocenters. The number of aromatic nitrogens is 4. The predicted octanol–water partition coefficient (Wildman–Crippen LogP) is 1.37. The average Bonchev–Trinajstić information content (AvgIpc) is 3.08. The van der Waals surface area contributed by atoms with Gasteiger partial charge in [0.15, 0.2) is 11.3 Å². The van der Waals surface area contributed by atoms with Crippen LogP contribution in [0.2, 0.25) is 0 Å². The number of nitrogens with one attached hydrogen (secondary N) is 1. The second kappa shape index (κ2) is 6.72. The molecular weight excluding hydrogens is 334 g/mol. The summed E-state index contributed by atoms with van der Waals surface area (Å²) < 4.78 is 6.65. The first-order valence-electron chi connectivity index (χ1n) is 8.43. The molecule has 2 N–H and O–H groups in total. The Hall–Kier alpha value is -3.00. The van der Waals surface area contributed by atoms with Crippen molar-refractivity contribution in [2.24, 2.45) is 5.92 Å². The number of aliphatic hydroxyl groups excluding tert-OH is 1. The Labute approximate surface area is 149 Å². The number of carbonyl (C=O) groups is 1. The van der Waals surface area contributed by atoms with Gasteiger partial charge in [0, 0.05) is 30.7 Å². The van der Waals surface area contributed by atoms with Crippen molar-refractivity contribution < 1.29 is 14.6 Å². The topological polar surface area (TPSA) is 102 Å². The van der Waals surface area contributed by atoms with Crippen molar-refractivity contribution in [2.45, 2.75) is 25.0 Å². The van der Waals surface area contributed by atoms with E-state index < -0.39 is 0 Å². The maximum Gasteiger partial charge on any atom is 0.272 e. The summed E-state index contributed by atoms with van der Waals surface area (Å²) in [5.41, 5.74) is 1.78. The molecular formula is C18H19N5O3. The number of nitrogens with zero attached hydrogens (tertiary/aromatic N) is 4. The fourth-order valence-corrected chi connectivity index (χ4v) is 3.23. The molecule has 0 spiro atoms. The zero-order chi connectivity index (χ0) is 18.1. The van der Waals surface area contributed by atoms with Gasteiger partial charge in [0.2, 0.25) is 5.88 Å². The van der Waals surface area contributed by atoms with Crippen LogP contribution in [0.15, 0.2) is 42.9 Å². The number of pyridine rings is 1. The van der Waals surface area contributed by atoms with E-state index in [9.17, 15) is 9.90 Å². The van der Waals surface area contributed by atoms with Crippen molar-refractivity contribution in [2.75, 3.05) is 7.11 Å². The van der Waals surface area contributed by atoms with Crippen molar-refractivity contribution in [1.29, 1.82) is 0 Å². The number of amides is 1. The van der Waals surface area contributed by atoms with E-state index in [0.29, 0.717) is 30.1 Å². The zero-order valence-electron chi connectivity index (χ0n) is 14.2. The van der Waals surface area contributed by atoms with E-state index in [1.807, 2.05) is 6.07 Å². The van der Waals surface area contributed by atoms with Crippen molar-refractivity contribution in [3.05, 3.63) is 54.1 Å². The van der Waals surface area contributed by atoms with Gasteiger partial charge in [0.05, 0.1) is 19.3 Å². The molecule has 0 saturated heterocycles. The third-order valence-corrected chi connectivity index (χ3v) is 4.70. The third kappa shape index (κ3) is 3.11. The lowest BCUT2D eigenvalue weighted by atomic mass is 9.75. The molecule has 1 amide bonds. The Morgan fingerprint density at radius 3 is 2.88 bits per heavy atom. The van der Waals surface area contributed by atoms with Gasteiger partial charge in [-0.2, -0.15) is 5.10 Å². The van der Waals surface area contributed by atoms with Gasteiger partial charge in [0.1, 0.15) is 0 Å². The molecule has 134 valence electrons. The Kier molecular flexibility index (Phi) is 4.26. The Morgan fingerprint density at radius 2 is 2.23 bits per heavy atom. The van der Waals surface area contributed by atoms with Crippen LogP contribution in [-0.4, -0.2) is 43.8 Å². The molecule has 3 heterocycles. The molecule has 0 bridgehead atoms. The highest BCUT2D eigenvalue weighted by Gasteiger charge is 2.36. The normalized spacial score (nSPS) is 20.4. The summed E-state index contributed by atoms with van der Waals surface area (Å²) in [4.78, 5) is 21.1. The van der Waals surface area contributed by atoms with Gasteiger partial charge in [-0.15, -0.1) is 0 Å². The van der Waals surface area contributed by atoms with E-state index in [0.717, 1.165) is 5.56 Å². The molecule has 3 aromatic heterocycles. The van der Waals surface area contributed by atoms with Gasteiger partial charge < -0.3 is 15.2 Å². The van der Waals surface area contributed by atoms with Gasteiger partial charge in [0.25, 0.3) is 5.91 Å². The molecule has 1 saturated carbocycles. The fourth-order valence-electron chi connectivity index (χ4n) is 3.23. The van der Waals surface area contributed by atoms with Crippen molar-refractivity contribution in [3.8, 4) is 5.88 Å². The molecule has 0 aromatic carbocycles. The van der Waals surface area contributed by atoms with E-state index in [4.69, 9.17) is 4.74 Å². The molecule has 3 aromatic rings. The number of hydrogen-bond acceptors (Lipinski definition) is 6. The summed E-state index contributed by atoms with van der Waals surface area (Å²) in [6, 6.07) is 6.80. The Bertz CT molecular complexity index is 885. The molecule has 1 aliphatic carbocycles. The molecule has 26 heavy (non-hydrogen) atoms. The van der Waals surface area contributed by atoms with Crippen LogP contribution in [0.1, 0.15) is 34.9 Å². The van der Waals surface area contributed by atoms with Gasteiger partial charge >= 0.3 is 0 Å². The highest BCUT2D eigenvalue weighted by atomic mass is 16.5. The number of rotatable bonds is 5. The Balaban J connectivity index is 1.58. The fraction of sp³-hybridized carbons (Fsp3) is 0.333. The van der Waals surface area contributed by atoms with Gasteiger partial charge in [-0.3, -0.25) is 4.79 Å². The molecule has 0 aliphatic heterocycles. The van der Waals surface area contributed by atoms with Crippen molar-refractivity contribution in [3.63, 3.8) is 0 Å². The van der Waals surface area contributed by atoms with E-state index >= 15 is 0 Å². The molecule has 8 nitrogen and oxygen atoms in total. The number of fused-ring (bicyclic) bond motifs is 1. The molecule has 1 fully saturated rings. The number of hydrogen-bond donors (Lipinski definition) is 2. The number of methoxy groups -OCH3 is 1. The summed E-state index contributed by atoms with van der Waals surface area (Å²) in [5, 5.41) is 17.0. The molecule has 8 heteroatoms. The van der Waals surface area contributed by atoms with Crippen molar-refractivity contribution in [1.82, 2.24) is 24.9 Å². The van der Waals surface area contributed by atoms with Gasteiger partial charge in [-0.25, -0.2) is 14.5 Å². The van der Waals surface area contributed by atoms with E-state index in [1.165, 1.54) is 0 Å². The standard InChI is InChI=1S/C18H19N5O3/c1-26-16-4-3-11(10-20-16)17(12-7-13(24)8-12)21-18(25)14-9-15-19-5-2-6-23(15)22-14/h2-6,9-10,12-13,17,24H,7-8H2,1H3,(H,21,25)/t12?,13?,17-/m1/s1.